The number of nitrogens with zero attached hydrogens (tertiary/aromatic N) is 3. The third-order valence-corrected chi connectivity index (χ3v) is 4.23. The van der Waals surface area contributed by atoms with Crippen LogP contribution in [0.3, 0.4) is 0 Å². The molecule has 3 heterocycles. The minimum Gasteiger partial charge on any atom is -0.388 e. The van der Waals surface area contributed by atoms with Crippen LogP contribution in [0.4, 0.5) is 5.82 Å². The largest absolute Gasteiger partial charge is 0.388 e. The highest BCUT2D eigenvalue weighted by Crippen LogP contribution is 2.32. The molecule has 0 amide bonds. The van der Waals surface area contributed by atoms with E-state index in [9.17, 15) is 5.11 Å². The van der Waals surface area contributed by atoms with E-state index in [-0.39, 0.29) is 0 Å². The number of β-amino-alcohol motifs (C(OH)–C–C–N with tert-alkyl or cyclic N) is 1. The number of rotatable bonds is 2. The van der Waals surface area contributed by atoms with Gasteiger partial charge in [0, 0.05) is 19.5 Å². The van der Waals surface area contributed by atoms with Crippen molar-refractivity contribution in [2.75, 3.05) is 18.0 Å². The summed E-state index contributed by atoms with van der Waals surface area (Å²) in [6.07, 6.45) is 1.63. The second-order valence-electron chi connectivity index (χ2n) is 5.12. The summed E-state index contributed by atoms with van der Waals surface area (Å²) in [5, 5.41) is 13.3. The van der Waals surface area contributed by atoms with Gasteiger partial charge in [-0.05, 0) is 24.8 Å². The summed E-state index contributed by atoms with van der Waals surface area (Å²) in [6, 6.07) is 2.07. The van der Waals surface area contributed by atoms with Crippen molar-refractivity contribution in [1.29, 1.82) is 0 Å². The molecule has 1 N–H and O–H groups in total. The molecule has 0 aliphatic carbocycles. The molecule has 1 fully saturated rings. The highest BCUT2D eigenvalue weighted by atomic mass is 32.1. The van der Waals surface area contributed by atoms with Gasteiger partial charge in [-0.2, -0.15) is 0 Å². The molecule has 96 valence electrons. The van der Waals surface area contributed by atoms with Gasteiger partial charge in [0.15, 0.2) is 0 Å². The zero-order valence-electron chi connectivity index (χ0n) is 10.7. The number of hydrogen-bond acceptors (Lipinski definition) is 5. The smallest absolute Gasteiger partial charge is 0.141 e. The van der Waals surface area contributed by atoms with Crippen LogP contribution < -0.4 is 4.90 Å². The van der Waals surface area contributed by atoms with Crippen LogP contribution in [0.2, 0.25) is 0 Å². The summed E-state index contributed by atoms with van der Waals surface area (Å²) in [5.74, 6) is 1.86. The van der Waals surface area contributed by atoms with E-state index in [1.54, 1.807) is 11.3 Å². The van der Waals surface area contributed by atoms with E-state index in [1.165, 1.54) is 0 Å². The van der Waals surface area contributed by atoms with Gasteiger partial charge < -0.3 is 10.0 Å². The Morgan fingerprint density at radius 2 is 2.33 bits per heavy atom. The van der Waals surface area contributed by atoms with Crippen molar-refractivity contribution in [3.8, 4) is 0 Å². The molecule has 2 aromatic heterocycles. The maximum atomic E-state index is 10.1. The van der Waals surface area contributed by atoms with Gasteiger partial charge in [0.05, 0.1) is 11.0 Å². The average Bonchev–Trinajstić information content (AvgIpc) is 2.93. The molecule has 2 aromatic rings. The minimum absolute atomic E-state index is 0.598. The van der Waals surface area contributed by atoms with Crippen molar-refractivity contribution in [2.45, 2.75) is 32.3 Å². The first-order valence-corrected chi connectivity index (χ1v) is 7.18. The van der Waals surface area contributed by atoms with Crippen molar-refractivity contribution in [3.63, 3.8) is 0 Å². The van der Waals surface area contributed by atoms with E-state index in [4.69, 9.17) is 0 Å². The van der Waals surface area contributed by atoms with Crippen LogP contribution in [-0.4, -0.2) is 33.8 Å². The summed E-state index contributed by atoms with van der Waals surface area (Å²) >= 11 is 1.65. The molecule has 0 spiro atoms. The summed E-state index contributed by atoms with van der Waals surface area (Å²) < 4.78 is 0. The lowest BCUT2D eigenvalue weighted by Crippen LogP contribution is -2.30. The van der Waals surface area contributed by atoms with E-state index in [0.717, 1.165) is 41.2 Å². The zero-order valence-corrected chi connectivity index (χ0v) is 11.5. The highest BCUT2D eigenvalue weighted by Gasteiger charge is 2.33. The Balaban J connectivity index is 2.07. The van der Waals surface area contributed by atoms with E-state index in [0.29, 0.717) is 6.54 Å². The van der Waals surface area contributed by atoms with Crippen LogP contribution >= 0.6 is 11.3 Å². The Morgan fingerprint density at radius 3 is 3.00 bits per heavy atom. The number of aromatic nitrogens is 2. The minimum atomic E-state index is -0.598. The third kappa shape index (κ3) is 1.97. The first kappa shape index (κ1) is 11.9. The molecule has 3 rings (SSSR count). The lowest BCUT2D eigenvalue weighted by Gasteiger charge is -2.20. The predicted octanol–water partition coefficient (Wildman–Crippen LogP) is 2.21. The molecule has 0 saturated carbocycles. The van der Waals surface area contributed by atoms with Crippen LogP contribution in [-0.2, 0) is 6.42 Å². The number of thiophene rings is 1. The second kappa shape index (κ2) is 4.17. The fraction of sp³-hybridized carbons (Fsp3) is 0.538. The van der Waals surface area contributed by atoms with Gasteiger partial charge in [-0.25, -0.2) is 9.97 Å². The van der Waals surface area contributed by atoms with Crippen LogP contribution in [0.5, 0.6) is 0 Å². The number of fused-ring (bicyclic) bond motifs is 1. The number of aliphatic hydroxyl groups is 1. The molecule has 0 bridgehead atoms. The topological polar surface area (TPSA) is 49.2 Å². The standard InChI is InChI=1S/C13H17N3OS/c1-3-10-14-11(9-4-7-18-12(9)15-10)16-6-5-13(2,17)8-16/h4,7,17H,3,5-6,8H2,1-2H3. The first-order chi connectivity index (χ1) is 8.59. The molecule has 1 saturated heterocycles. The van der Waals surface area contributed by atoms with Crippen LogP contribution in [0, 0.1) is 0 Å². The van der Waals surface area contributed by atoms with Crippen LogP contribution in [0.1, 0.15) is 26.1 Å². The highest BCUT2D eigenvalue weighted by molar-refractivity contribution is 7.16. The first-order valence-electron chi connectivity index (χ1n) is 6.30. The zero-order chi connectivity index (χ0) is 12.8. The molecule has 1 atom stereocenters. The number of anilines is 1. The number of aryl methyl sites for hydroxylation is 1. The Labute approximate surface area is 110 Å². The van der Waals surface area contributed by atoms with Crippen LogP contribution in [0.25, 0.3) is 10.2 Å². The maximum absolute atomic E-state index is 10.1. The molecular formula is C13H17N3OS. The normalized spacial score (nSPS) is 24.1. The Kier molecular flexibility index (Phi) is 2.75. The van der Waals surface area contributed by atoms with Crippen molar-refractivity contribution in [3.05, 3.63) is 17.3 Å². The molecule has 1 unspecified atom stereocenters. The average molecular weight is 263 g/mol. The fourth-order valence-electron chi connectivity index (χ4n) is 2.41. The van der Waals surface area contributed by atoms with Crippen molar-refractivity contribution >= 4 is 27.4 Å². The van der Waals surface area contributed by atoms with Crippen molar-refractivity contribution in [1.82, 2.24) is 9.97 Å². The second-order valence-corrected chi connectivity index (χ2v) is 6.02. The molecule has 0 radical (unpaired) electrons. The lowest BCUT2D eigenvalue weighted by atomic mass is 10.1. The molecule has 0 aromatic carbocycles. The summed E-state index contributed by atoms with van der Waals surface area (Å²) in [4.78, 5) is 12.4. The van der Waals surface area contributed by atoms with Gasteiger partial charge in [-0.15, -0.1) is 11.3 Å². The van der Waals surface area contributed by atoms with E-state index < -0.39 is 5.60 Å². The van der Waals surface area contributed by atoms with Crippen molar-refractivity contribution in [2.24, 2.45) is 0 Å². The molecule has 1 aliphatic rings. The Morgan fingerprint density at radius 1 is 1.50 bits per heavy atom. The van der Waals surface area contributed by atoms with Gasteiger partial charge in [-0.3, -0.25) is 0 Å². The maximum Gasteiger partial charge on any atom is 0.141 e. The summed E-state index contributed by atoms with van der Waals surface area (Å²) in [7, 11) is 0. The van der Waals surface area contributed by atoms with Gasteiger partial charge in [-0.1, -0.05) is 6.92 Å². The van der Waals surface area contributed by atoms with E-state index >= 15 is 0 Å². The predicted molar refractivity (Wildman–Crippen MR) is 74.2 cm³/mol. The SMILES string of the molecule is CCc1nc(N2CCC(C)(O)C2)c2ccsc2n1. The van der Waals surface area contributed by atoms with Gasteiger partial charge >= 0.3 is 0 Å². The fourth-order valence-corrected chi connectivity index (χ4v) is 3.19. The van der Waals surface area contributed by atoms with Gasteiger partial charge in [0.25, 0.3) is 0 Å². The van der Waals surface area contributed by atoms with Gasteiger partial charge in [0.2, 0.25) is 0 Å². The third-order valence-electron chi connectivity index (χ3n) is 3.42. The van der Waals surface area contributed by atoms with Gasteiger partial charge in [0.1, 0.15) is 16.5 Å². The number of hydrogen-bond donors (Lipinski definition) is 1. The lowest BCUT2D eigenvalue weighted by molar-refractivity contribution is 0.0839. The summed E-state index contributed by atoms with van der Waals surface area (Å²) in [6.45, 7) is 5.47. The molecule has 5 heteroatoms. The van der Waals surface area contributed by atoms with E-state index in [1.807, 2.05) is 6.92 Å². The Bertz CT molecular complexity index is 579. The monoisotopic (exact) mass is 263 g/mol. The molecule has 1 aliphatic heterocycles. The molecule has 4 nitrogen and oxygen atoms in total. The van der Waals surface area contributed by atoms with Crippen LogP contribution in [0.15, 0.2) is 11.4 Å². The quantitative estimate of drug-likeness (QED) is 0.902. The molecule has 18 heavy (non-hydrogen) atoms. The Hall–Kier alpha value is -1.20. The molecular weight excluding hydrogens is 246 g/mol. The van der Waals surface area contributed by atoms with Crippen molar-refractivity contribution < 1.29 is 5.11 Å². The summed E-state index contributed by atoms with van der Waals surface area (Å²) in [5.41, 5.74) is -0.598. The van der Waals surface area contributed by atoms with E-state index in [2.05, 4.69) is 33.2 Å².